The Morgan fingerprint density at radius 1 is 1.05 bits per heavy atom. The standard InChI is InChI=1S/C15H27N3O/c1-14(2,3)11-10-12(18(7)8-9-19)17-13(16-11)15(4,5)6/h10,19H,8-9H2,1-7H3. The van der Waals surface area contributed by atoms with E-state index in [2.05, 4.69) is 46.5 Å². The summed E-state index contributed by atoms with van der Waals surface area (Å²) in [7, 11) is 1.94. The minimum absolute atomic E-state index is 0.0161. The van der Waals surface area contributed by atoms with E-state index in [-0.39, 0.29) is 17.4 Å². The first-order chi connectivity index (χ1) is 8.55. The van der Waals surface area contributed by atoms with Crippen LogP contribution in [0.3, 0.4) is 0 Å². The van der Waals surface area contributed by atoms with Gasteiger partial charge in [-0.25, -0.2) is 9.97 Å². The number of hydrogen-bond acceptors (Lipinski definition) is 4. The highest BCUT2D eigenvalue weighted by Gasteiger charge is 2.24. The molecule has 0 amide bonds. The van der Waals surface area contributed by atoms with E-state index in [9.17, 15) is 0 Å². The fourth-order valence-corrected chi connectivity index (χ4v) is 1.61. The van der Waals surface area contributed by atoms with Crippen LogP contribution >= 0.6 is 0 Å². The van der Waals surface area contributed by atoms with Crippen molar-refractivity contribution in [1.82, 2.24) is 9.97 Å². The summed E-state index contributed by atoms with van der Waals surface area (Å²) in [6, 6.07) is 2.02. The summed E-state index contributed by atoms with van der Waals surface area (Å²) in [5.41, 5.74) is 0.931. The van der Waals surface area contributed by atoms with Crippen LogP contribution in [0.15, 0.2) is 6.07 Å². The molecule has 0 aliphatic carbocycles. The van der Waals surface area contributed by atoms with Crippen LogP contribution in [0.25, 0.3) is 0 Å². The highest BCUT2D eigenvalue weighted by atomic mass is 16.3. The number of aliphatic hydroxyl groups excluding tert-OH is 1. The summed E-state index contributed by atoms with van der Waals surface area (Å²) < 4.78 is 0. The molecule has 0 saturated carbocycles. The molecule has 19 heavy (non-hydrogen) atoms. The molecule has 0 aromatic carbocycles. The predicted octanol–water partition coefficient (Wildman–Crippen LogP) is 2.50. The van der Waals surface area contributed by atoms with Crippen molar-refractivity contribution in [2.45, 2.75) is 52.4 Å². The normalized spacial score (nSPS) is 12.6. The van der Waals surface area contributed by atoms with E-state index in [1.807, 2.05) is 18.0 Å². The average Bonchev–Trinajstić information content (AvgIpc) is 2.26. The van der Waals surface area contributed by atoms with Gasteiger partial charge in [0.05, 0.1) is 12.3 Å². The van der Waals surface area contributed by atoms with Crippen molar-refractivity contribution in [3.05, 3.63) is 17.6 Å². The van der Waals surface area contributed by atoms with E-state index in [1.54, 1.807) is 0 Å². The summed E-state index contributed by atoms with van der Waals surface area (Å²) in [6.07, 6.45) is 0. The first-order valence-electron chi connectivity index (χ1n) is 6.78. The Morgan fingerprint density at radius 3 is 2.05 bits per heavy atom. The van der Waals surface area contributed by atoms with Gasteiger partial charge in [0.2, 0.25) is 0 Å². The van der Waals surface area contributed by atoms with Gasteiger partial charge in [0, 0.05) is 30.5 Å². The van der Waals surface area contributed by atoms with Crippen molar-refractivity contribution in [1.29, 1.82) is 0 Å². The summed E-state index contributed by atoms with van der Waals surface area (Å²) in [6.45, 7) is 13.5. The third-order valence-electron chi connectivity index (χ3n) is 2.98. The number of aliphatic hydroxyl groups is 1. The van der Waals surface area contributed by atoms with Gasteiger partial charge in [-0.15, -0.1) is 0 Å². The Balaban J connectivity index is 3.33. The van der Waals surface area contributed by atoms with Crippen LogP contribution < -0.4 is 4.90 Å². The second-order valence-electron chi connectivity index (χ2n) is 7.08. The predicted molar refractivity (Wildman–Crippen MR) is 79.8 cm³/mol. The number of hydrogen-bond donors (Lipinski definition) is 1. The van der Waals surface area contributed by atoms with Crippen molar-refractivity contribution in [2.24, 2.45) is 0 Å². The van der Waals surface area contributed by atoms with E-state index in [0.717, 1.165) is 17.3 Å². The lowest BCUT2D eigenvalue weighted by Gasteiger charge is -2.26. The lowest BCUT2D eigenvalue weighted by Crippen LogP contribution is -2.27. The molecule has 1 aromatic rings. The molecule has 0 radical (unpaired) electrons. The maximum Gasteiger partial charge on any atom is 0.136 e. The second-order valence-corrected chi connectivity index (χ2v) is 7.08. The van der Waals surface area contributed by atoms with Crippen LogP contribution in [0.1, 0.15) is 53.1 Å². The molecule has 108 valence electrons. The molecule has 1 heterocycles. The molecule has 4 nitrogen and oxygen atoms in total. The third kappa shape index (κ3) is 4.16. The van der Waals surface area contributed by atoms with Crippen LogP contribution in [0.5, 0.6) is 0 Å². The summed E-state index contributed by atoms with van der Waals surface area (Å²) in [5.74, 6) is 1.72. The summed E-state index contributed by atoms with van der Waals surface area (Å²) in [4.78, 5) is 11.3. The third-order valence-corrected chi connectivity index (χ3v) is 2.98. The van der Waals surface area contributed by atoms with Gasteiger partial charge in [0.25, 0.3) is 0 Å². The smallest absolute Gasteiger partial charge is 0.136 e. The Bertz CT molecular complexity index is 398. The Morgan fingerprint density at radius 2 is 1.63 bits per heavy atom. The maximum atomic E-state index is 9.07. The van der Waals surface area contributed by atoms with Crippen LogP contribution in [0, 0.1) is 0 Å². The molecule has 0 aliphatic rings. The van der Waals surface area contributed by atoms with E-state index < -0.39 is 0 Å². The molecule has 4 heteroatoms. The van der Waals surface area contributed by atoms with Crippen molar-refractivity contribution >= 4 is 5.82 Å². The second kappa shape index (κ2) is 5.45. The van der Waals surface area contributed by atoms with Gasteiger partial charge in [-0.2, -0.15) is 0 Å². The van der Waals surface area contributed by atoms with Crippen molar-refractivity contribution in [2.75, 3.05) is 25.1 Å². The lowest BCUT2D eigenvalue weighted by molar-refractivity contribution is 0.303. The number of likely N-dealkylation sites (N-methyl/N-ethyl adjacent to an activating group) is 1. The molecular weight excluding hydrogens is 238 g/mol. The van der Waals surface area contributed by atoms with Gasteiger partial charge in [0.15, 0.2) is 0 Å². The number of nitrogens with zero attached hydrogens (tertiary/aromatic N) is 3. The monoisotopic (exact) mass is 265 g/mol. The van der Waals surface area contributed by atoms with Crippen LogP contribution in [0.4, 0.5) is 5.82 Å². The van der Waals surface area contributed by atoms with Gasteiger partial charge >= 0.3 is 0 Å². The molecule has 0 bridgehead atoms. The van der Waals surface area contributed by atoms with Crippen molar-refractivity contribution < 1.29 is 5.11 Å². The molecular formula is C15H27N3O. The van der Waals surface area contributed by atoms with Gasteiger partial charge in [-0.05, 0) is 0 Å². The maximum absolute atomic E-state index is 9.07. The molecule has 0 fully saturated rings. The number of anilines is 1. The molecule has 1 N–H and O–H groups in total. The van der Waals surface area contributed by atoms with Crippen LogP contribution in [0.2, 0.25) is 0 Å². The van der Waals surface area contributed by atoms with Crippen LogP contribution in [-0.4, -0.2) is 35.3 Å². The van der Waals surface area contributed by atoms with Gasteiger partial charge in [-0.3, -0.25) is 0 Å². The molecule has 0 saturated heterocycles. The molecule has 0 aliphatic heterocycles. The first-order valence-corrected chi connectivity index (χ1v) is 6.78. The zero-order valence-electron chi connectivity index (χ0n) is 13.3. The molecule has 1 aromatic heterocycles. The fourth-order valence-electron chi connectivity index (χ4n) is 1.61. The quantitative estimate of drug-likeness (QED) is 0.912. The van der Waals surface area contributed by atoms with Crippen LogP contribution in [-0.2, 0) is 10.8 Å². The Hall–Kier alpha value is -1.16. The Kier molecular flexibility index (Phi) is 4.56. The zero-order chi connectivity index (χ0) is 14.8. The zero-order valence-corrected chi connectivity index (χ0v) is 13.3. The topological polar surface area (TPSA) is 49.2 Å². The fraction of sp³-hybridized carbons (Fsp3) is 0.733. The molecule has 1 rings (SSSR count). The molecule has 0 spiro atoms. The van der Waals surface area contributed by atoms with Gasteiger partial charge in [0.1, 0.15) is 11.6 Å². The average molecular weight is 265 g/mol. The Labute approximate surface area is 116 Å². The van der Waals surface area contributed by atoms with E-state index in [1.165, 1.54) is 0 Å². The lowest BCUT2D eigenvalue weighted by atomic mass is 9.90. The highest BCUT2D eigenvalue weighted by molar-refractivity contribution is 5.41. The summed E-state index contributed by atoms with van der Waals surface area (Å²) in [5, 5.41) is 9.07. The minimum Gasteiger partial charge on any atom is -0.395 e. The summed E-state index contributed by atoms with van der Waals surface area (Å²) >= 11 is 0. The molecule has 0 unspecified atom stereocenters. The van der Waals surface area contributed by atoms with Crippen molar-refractivity contribution in [3.8, 4) is 0 Å². The highest BCUT2D eigenvalue weighted by Crippen LogP contribution is 2.27. The van der Waals surface area contributed by atoms with E-state index in [0.29, 0.717) is 6.54 Å². The van der Waals surface area contributed by atoms with Gasteiger partial charge < -0.3 is 10.0 Å². The number of rotatable bonds is 3. The minimum atomic E-state index is -0.0872. The first kappa shape index (κ1) is 15.9. The number of aromatic nitrogens is 2. The molecule has 0 atom stereocenters. The van der Waals surface area contributed by atoms with E-state index >= 15 is 0 Å². The van der Waals surface area contributed by atoms with Crippen molar-refractivity contribution in [3.63, 3.8) is 0 Å². The largest absolute Gasteiger partial charge is 0.395 e. The SMILES string of the molecule is CN(CCO)c1cc(C(C)(C)C)nc(C(C)(C)C)n1. The van der Waals surface area contributed by atoms with E-state index in [4.69, 9.17) is 10.1 Å². The van der Waals surface area contributed by atoms with Gasteiger partial charge in [-0.1, -0.05) is 41.5 Å².